The summed E-state index contributed by atoms with van der Waals surface area (Å²) in [6, 6.07) is 2.23. The molecule has 0 spiro atoms. The molecule has 0 aliphatic heterocycles. The molecule has 0 aromatic heterocycles. The van der Waals surface area contributed by atoms with Crippen molar-refractivity contribution in [2.45, 2.75) is 24.4 Å². The molecule has 32 heavy (non-hydrogen) atoms. The van der Waals surface area contributed by atoms with Crippen LogP contribution in [0.3, 0.4) is 0 Å². The number of carbonyl (C=O) groups is 1. The Balaban J connectivity index is 2.59. The molecule has 1 atom stereocenters. The summed E-state index contributed by atoms with van der Waals surface area (Å²) in [6.07, 6.45) is -15.5. The van der Waals surface area contributed by atoms with Crippen molar-refractivity contribution in [3.63, 3.8) is 0 Å². The highest BCUT2D eigenvalue weighted by atomic mass is 79.9. The standard InChI is InChI=1S/C19H9BrF10O2/c20-14-6-8(2-4-11(14)17(22,23)24)12(18(25,26)27)7-15(21)9-1-3-10(16(31)32)13(5-9)19(28,29)30/h1-7,12H,(H,31,32). The minimum Gasteiger partial charge on any atom is -0.478 e. The van der Waals surface area contributed by atoms with Gasteiger partial charge in [-0.15, -0.1) is 0 Å². The zero-order valence-electron chi connectivity index (χ0n) is 15.1. The second-order valence-corrected chi connectivity index (χ2v) is 7.19. The molecular weight excluding hydrogens is 530 g/mol. The van der Waals surface area contributed by atoms with E-state index in [0.29, 0.717) is 30.3 Å². The van der Waals surface area contributed by atoms with Crippen LogP contribution in [0.15, 0.2) is 46.9 Å². The zero-order valence-corrected chi connectivity index (χ0v) is 16.7. The van der Waals surface area contributed by atoms with E-state index in [2.05, 4.69) is 15.9 Å². The van der Waals surface area contributed by atoms with E-state index in [4.69, 9.17) is 5.11 Å². The van der Waals surface area contributed by atoms with Crippen molar-refractivity contribution >= 4 is 27.7 Å². The number of benzene rings is 2. The third-order valence-corrected chi connectivity index (χ3v) is 4.81. The quantitative estimate of drug-likeness (QED) is 0.402. The molecule has 2 aromatic rings. The smallest absolute Gasteiger partial charge is 0.417 e. The number of rotatable bonds is 4. The van der Waals surface area contributed by atoms with Crippen LogP contribution >= 0.6 is 15.9 Å². The van der Waals surface area contributed by atoms with Crippen LogP contribution in [-0.4, -0.2) is 17.3 Å². The van der Waals surface area contributed by atoms with Crippen LogP contribution in [0.25, 0.3) is 5.83 Å². The predicted molar refractivity (Wildman–Crippen MR) is 95.4 cm³/mol. The van der Waals surface area contributed by atoms with E-state index in [9.17, 15) is 48.7 Å². The maximum atomic E-state index is 14.5. The van der Waals surface area contributed by atoms with Gasteiger partial charge in [0, 0.05) is 10.0 Å². The molecule has 0 aliphatic rings. The molecule has 0 aliphatic carbocycles. The first-order valence-corrected chi connectivity index (χ1v) is 8.97. The van der Waals surface area contributed by atoms with Crippen molar-refractivity contribution in [3.8, 4) is 0 Å². The van der Waals surface area contributed by atoms with E-state index >= 15 is 0 Å². The molecule has 2 aromatic carbocycles. The molecule has 1 N–H and O–H groups in total. The summed E-state index contributed by atoms with van der Waals surface area (Å²) in [5, 5.41) is 8.82. The average molecular weight is 539 g/mol. The Labute approximate surface area is 181 Å². The van der Waals surface area contributed by atoms with Crippen molar-refractivity contribution in [1.82, 2.24) is 0 Å². The fourth-order valence-electron chi connectivity index (χ4n) is 2.69. The molecule has 0 radical (unpaired) electrons. The predicted octanol–water partition coefficient (Wildman–Crippen LogP) is 7.84. The van der Waals surface area contributed by atoms with E-state index in [1.165, 1.54) is 0 Å². The van der Waals surface area contributed by atoms with Crippen molar-refractivity contribution in [2.75, 3.05) is 0 Å². The Morgan fingerprint density at radius 2 is 1.44 bits per heavy atom. The molecule has 2 nitrogen and oxygen atoms in total. The fraction of sp³-hybridized carbons (Fsp3) is 0.211. The Morgan fingerprint density at radius 3 is 1.88 bits per heavy atom. The largest absolute Gasteiger partial charge is 0.478 e. The summed E-state index contributed by atoms with van der Waals surface area (Å²) < 4.78 is 132. The van der Waals surface area contributed by atoms with E-state index in [0.717, 1.165) is 0 Å². The Hall–Kier alpha value is -2.57. The fourth-order valence-corrected chi connectivity index (χ4v) is 3.31. The van der Waals surface area contributed by atoms with Gasteiger partial charge in [0.05, 0.1) is 16.7 Å². The van der Waals surface area contributed by atoms with Crippen LogP contribution in [-0.2, 0) is 12.4 Å². The van der Waals surface area contributed by atoms with Crippen LogP contribution in [0.5, 0.6) is 0 Å². The lowest BCUT2D eigenvalue weighted by molar-refractivity contribution is -0.140. The van der Waals surface area contributed by atoms with Crippen molar-refractivity contribution < 1.29 is 53.8 Å². The van der Waals surface area contributed by atoms with Crippen LogP contribution in [0.2, 0.25) is 0 Å². The number of allylic oxidation sites excluding steroid dienone is 1. The highest BCUT2D eigenvalue weighted by Gasteiger charge is 2.41. The van der Waals surface area contributed by atoms with Crippen molar-refractivity contribution in [1.29, 1.82) is 0 Å². The minimum absolute atomic E-state index is 0.0331. The molecule has 0 heterocycles. The maximum absolute atomic E-state index is 14.5. The molecular formula is C19H9BrF10O2. The van der Waals surface area contributed by atoms with Crippen LogP contribution in [0, 0.1) is 0 Å². The van der Waals surface area contributed by atoms with Crippen molar-refractivity contribution in [2.24, 2.45) is 0 Å². The number of carboxylic acids is 1. The molecule has 0 bridgehead atoms. The van der Waals surface area contributed by atoms with Gasteiger partial charge in [0.25, 0.3) is 0 Å². The van der Waals surface area contributed by atoms with Gasteiger partial charge in [-0.25, -0.2) is 9.18 Å². The highest BCUT2D eigenvalue weighted by Crippen LogP contribution is 2.42. The van der Waals surface area contributed by atoms with E-state index in [-0.39, 0.29) is 12.1 Å². The van der Waals surface area contributed by atoms with Gasteiger partial charge >= 0.3 is 24.5 Å². The molecule has 1 unspecified atom stereocenters. The lowest BCUT2D eigenvalue weighted by atomic mass is 9.94. The van der Waals surface area contributed by atoms with Gasteiger partial charge in [-0.1, -0.05) is 28.1 Å². The summed E-state index contributed by atoms with van der Waals surface area (Å²) in [5.41, 5.74) is -6.13. The SMILES string of the molecule is O=C(O)c1ccc(C(F)=CC(c2ccc(C(F)(F)F)c(Br)c2)C(F)(F)F)cc1C(F)(F)F. The number of alkyl halides is 9. The van der Waals surface area contributed by atoms with E-state index < -0.39 is 68.5 Å². The van der Waals surface area contributed by atoms with Gasteiger partial charge in [0.15, 0.2) is 0 Å². The average Bonchev–Trinajstić information content (AvgIpc) is 2.62. The Morgan fingerprint density at radius 1 is 0.875 bits per heavy atom. The minimum atomic E-state index is -5.24. The topological polar surface area (TPSA) is 37.3 Å². The van der Waals surface area contributed by atoms with Gasteiger partial charge < -0.3 is 5.11 Å². The Kier molecular flexibility index (Phi) is 7.03. The van der Waals surface area contributed by atoms with Gasteiger partial charge in [0.2, 0.25) is 0 Å². The second kappa shape index (κ2) is 8.75. The van der Waals surface area contributed by atoms with E-state index in [1.807, 2.05) is 0 Å². The molecule has 0 fully saturated rings. The summed E-state index contributed by atoms with van der Waals surface area (Å²) in [4.78, 5) is 10.9. The molecule has 13 heteroatoms. The lowest BCUT2D eigenvalue weighted by Crippen LogP contribution is -2.20. The molecule has 2 rings (SSSR count). The summed E-state index contributed by atoms with van der Waals surface area (Å²) in [7, 11) is 0. The highest BCUT2D eigenvalue weighted by molar-refractivity contribution is 9.10. The Bertz CT molecular complexity index is 1050. The zero-order chi connectivity index (χ0) is 24.6. The van der Waals surface area contributed by atoms with E-state index in [1.54, 1.807) is 0 Å². The third kappa shape index (κ3) is 5.81. The number of hydrogen-bond acceptors (Lipinski definition) is 1. The van der Waals surface area contributed by atoms with Crippen LogP contribution in [0.4, 0.5) is 43.9 Å². The first-order valence-electron chi connectivity index (χ1n) is 8.18. The van der Waals surface area contributed by atoms with Crippen LogP contribution < -0.4 is 0 Å². The monoisotopic (exact) mass is 538 g/mol. The maximum Gasteiger partial charge on any atom is 0.417 e. The van der Waals surface area contributed by atoms with Crippen LogP contribution in [0.1, 0.15) is 38.5 Å². The summed E-state index contributed by atoms with van der Waals surface area (Å²) in [6.45, 7) is 0. The van der Waals surface area contributed by atoms with Gasteiger partial charge in [-0.3, -0.25) is 0 Å². The normalized spacial score (nSPS) is 14.4. The lowest BCUT2D eigenvalue weighted by Gasteiger charge is -2.19. The molecule has 174 valence electrons. The second-order valence-electron chi connectivity index (χ2n) is 6.33. The summed E-state index contributed by atoms with van der Waals surface area (Å²) >= 11 is 2.50. The number of aromatic carboxylic acids is 1. The third-order valence-electron chi connectivity index (χ3n) is 4.15. The van der Waals surface area contributed by atoms with Gasteiger partial charge in [-0.2, -0.15) is 39.5 Å². The molecule has 0 saturated heterocycles. The number of carboxylic acid groups (broad SMARTS) is 1. The van der Waals surface area contributed by atoms with Gasteiger partial charge in [-0.05, 0) is 35.9 Å². The van der Waals surface area contributed by atoms with Gasteiger partial charge in [0.1, 0.15) is 11.7 Å². The van der Waals surface area contributed by atoms with Crippen molar-refractivity contribution in [3.05, 3.63) is 74.8 Å². The first kappa shape index (κ1) is 25.7. The molecule has 0 saturated carbocycles. The molecule has 0 amide bonds. The summed E-state index contributed by atoms with van der Waals surface area (Å²) in [5.74, 6) is -6.59. The number of halogens is 11. The number of hydrogen-bond donors (Lipinski definition) is 1. The first-order chi connectivity index (χ1) is 14.4.